The van der Waals surface area contributed by atoms with Crippen molar-refractivity contribution in [3.63, 3.8) is 0 Å². The van der Waals surface area contributed by atoms with E-state index in [0.29, 0.717) is 12.3 Å². The second-order valence-corrected chi connectivity index (χ2v) is 2.69. The van der Waals surface area contributed by atoms with Crippen molar-refractivity contribution in [2.24, 2.45) is 5.16 Å². The van der Waals surface area contributed by atoms with Gasteiger partial charge in [0.25, 0.3) is 5.91 Å². The first-order chi connectivity index (χ1) is 5.57. The van der Waals surface area contributed by atoms with E-state index in [1.165, 1.54) is 0 Å². The number of amides is 1. The van der Waals surface area contributed by atoms with Gasteiger partial charge in [0.05, 0.1) is 0 Å². The third-order valence-electron chi connectivity index (χ3n) is 1.07. The zero-order chi connectivity index (χ0) is 9.56. The Kier molecular flexibility index (Phi) is 5.08. The fraction of sp³-hybridized carbons (Fsp3) is 0.750. The van der Waals surface area contributed by atoms with Gasteiger partial charge in [-0.25, -0.2) is 0 Å². The Morgan fingerprint density at radius 2 is 2.17 bits per heavy atom. The minimum atomic E-state index is -0.182. The van der Waals surface area contributed by atoms with Crippen molar-refractivity contribution >= 4 is 11.6 Å². The molecule has 0 spiro atoms. The van der Waals surface area contributed by atoms with Gasteiger partial charge in [0.1, 0.15) is 11.8 Å². The van der Waals surface area contributed by atoms with E-state index in [9.17, 15) is 4.79 Å². The summed E-state index contributed by atoms with van der Waals surface area (Å²) in [5.74, 6) is -0.182. The van der Waals surface area contributed by atoms with Crippen LogP contribution in [0.2, 0.25) is 0 Å². The first-order valence-corrected chi connectivity index (χ1v) is 4.06. The molecule has 4 heteroatoms. The van der Waals surface area contributed by atoms with Crippen LogP contribution < -0.4 is 5.32 Å². The highest BCUT2D eigenvalue weighted by Gasteiger charge is 2.04. The molecule has 0 unspecified atom stereocenters. The van der Waals surface area contributed by atoms with Gasteiger partial charge >= 0.3 is 0 Å². The van der Waals surface area contributed by atoms with Gasteiger partial charge in [0, 0.05) is 6.54 Å². The maximum Gasteiger partial charge on any atom is 0.268 e. The second kappa shape index (κ2) is 5.57. The number of carbonyl (C=O) groups excluding carboxylic acids is 1. The molecule has 0 radical (unpaired) electrons. The van der Waals surface area contributed by atoms with Crippen molar-refractivity contribution in [2.45, 2.75) is 33.8 Å². The quantitative estimate of drug-likeness (QED) is 0.506. The summed E-state index contributed by atoms with van der Waals surface area (Å²) in [6, 6.07) is 0. The Hall–Kier alpha value is -1.06. The Balaban J connectivity index is 3.90. The lowest BCUT2D eigenvalue weighted by Gasteiger charge is -2.04. The van der Waals surface area contributed by atoms with E-state index in [-0.39, 0.29) is 12.0 Å². The standard InChI is InChI=1S/C8H16N2O2/c1-5-9-8(11)7(4)10-12-6(2)3/h6H,5H2,1-4H3,(H,9,11)/b10-7+. The zero-order valence-corrected chi connectivity index (χ0v) is 8.05. The molecule has 0 heterocycles. The normalized spacial score (nSPS) is 11.6. The number of nitrogens with zero attached hydrogens (tertiary/aromatic N) is 1. The Labute approximate surface area is 73.0 Å². The molecule has 4 nitrogen and oxygen atoms in total. The molecule has 0 atom stereocenters. The molecule has 1 N–H and O–H groups in total. The summed E-state index contributed by atoms with van der Waals surface area (Å²) in [6.07, 6.45) is 0.00868. The van der Waals surface area contributed by atoms with Crippen LogP contribution in [0.1, 0.15) is 27.7 Å². The second-order valence-electron chi connectivity index (χ2n) is 2.69. The van der Waals surface area contributed by atoms with Gasteiger partial charge in [0.2, 0.25) is 0 Å². The number of nitrogens with one attached hydrogen (secondary N) is 1. The van der Waals surface area contributed by atoms with E-state index in [4.69, 9.17) is 4.84 Å². The number of oxime groups is 1. The monoisotopic (exact) mass is 172 g/mol. The van der Waals surface area contributed by atoms with E-state index < -0.39 is 0 Å². The zero-order valence-electron chi connectivity index (χ0n) is 8.05. The van der Waals surface area contributed by atoms with E-state index in [1.807, 2.05) is 20.8 Å². The average molecular weight is 172 g/mol. The average Bonchev–Trinajstić information content (AvgIpc) is 2.00. The maximum atomic E-state index is 11.0. The maximum absolute atomic E-state index is 11.0. The lowest BCUT2D eigenvalue weighted by Crippen LogP contribution is -2.29. The van der Waals surface area contributed by atoms with Crippen LogP contribution in [-0.2, 0) is 9.63 Å². The first-order valence-electron chi connectivity index (χ1n) is 4.06. The van der Waals surface area contributed by atoms with Crippen molar-refractivity contribution in [3.05, 3.63) is 0 Å². The fourth-order valence-electron chi connectivity index (χ4n) is 0.514. The fourth-order valence-corrected chi connectivity index (χ4v) is 0.514. The van der Waals surface area contributed by atoms with E-state index in [1.54, 1.807) is 6.92 Å². The smallest absolute Gasteiger partial charge is 0.268 e. The highest BCUT2D eigenvalue weighted by Crippen LogP contribution is 1.89. The lowest BCUT2D eigenvalue weighted by molar-refractivity contribution is -0.115. The van der Waals surface area contributed by atoms with Crippen LogP contribution in [0, 0.1) is 0 Å². The predicted octanol–water partition coefficient (Wildman–Crippen LogP) is 0.923. The molecular formula is C8H16N2O2. The molecule has 0 aliphatic heterocycles. The topological polar surface area (TPSA) is 50.7 Å². The number of carbonyl (C=O) groups is 1. The Morgan fingerprint density at radius 3 is 2.58 bits per heavy atom. The highest BCUT2D eigenvalue weighted by atomic mass is 16.6. The molecule has 0 aromatic carbocycles. The van der Waals surface area contributed by atoms with Crippen molar-refractivity contribution in [1.82, 2.24) is 5.32 Å². The molecule has 0 fully saturated rings. The van der Waals surface area contributed by atoms with Crippen molar-refractivity contribution < 1.29 is 9.63 Å². The molecule has 0 aromatic rings. The molecule has 70 valence electrons. The molecule has 0 saturated heterocycles. The van der Waals surface area contributed by atoms with Gasteiger partial charge in [0.15, 0.2) is 0 Å². The lowest BCUT2D eigenvalue weighted by atomic mass is 10.4. The van der Waals surface area contributed by atoms with Crippen molar-refractivity contribution in [2.75, 3.05) is 6.54 Å². The summed E-state index contributed by atoms with van der Waals surface area (Å²) in [5.41, 5.74) is 0.352. The SMILES string of the molecule is CCNC(=O)/C(C)=N/OC(C)C. The van der Waals surface area contributed by atoms with E-state index in [0.717, 1.165) is 0 Å². The number of hydrogen-bond acceptors (Lipinski definition) is 3. The van der Waals surface area contributed by atoms with E-state index >= 15 is 0 Å². The van der Waals surface area contributed by atoms with Crippen molar-refractivity contribution in [3.8, 4) is 0 Å². The molecule has 0 bridgehead atoms. The summed E-state index contributed by atoms with van der Waals surface area (Å²) < 4.78 is 0. The number of hydrogen-bond donors (Lipinski definition) is 1. The van der Waals surface area contributed by atoms with Crippen LogP contribution in [0.3, 0.4) is 0 Å². The molecule has 0 aliphatic carbocycles. The van der Waals surface area contributed by atoms with Crippen LogP contribution in [0.4, 0.5) is 0 Å². The van der Waals surface area contributed by atoms with Gasteiger partial charge < -0.3 is 10.2 Å². The van der Waals surface area contributed by atoms with Gasteiger partial charge in [-0.3, -0.25) is 4.79 Å². The summed E-state index contributed by atoms with van der Waals surface area (Å²) in [4.78, 5) is 15.9. The molecule has 0 aromatic heterocycles. The molecule has 12 heavy (non-hydrogen) atoms. The molecule has 0 aliphatic rings. The summed E-state index contributed by atoms with van der Waals surface area (Å²) >= 11 is 0. The summed E-state index contributed by atoms with van der Waals surface area (Å²) in [7, 11) is 0. The van der Waals surface area contributed by atoms with Crippen LogP contribution in [0.15, 0.2) is 5.16 Å². The molecule has 1 amide bonds. The van der Waals surface area contributed by atoms with Gasteiger partial charge in [-0.2, -0.15) is 0 Å². The third-order valence-corrected chi connectivity index (χ3v) is 1.07. The van der Waals surface area contributed by atoms with Gasteiger partial charge in [-0.1, -0.05) is 5.16 Å². The van der Waals surface area contributed by atoms with Crippen LogP contribution in [0.25, 0.3) is 0 Å². The first kappa shape index (κ1) is 10.9. The predicted molar refractivity (Wildman–Crippen MR) is 48.0 cm³/mol. The van der Waals surface area contributed by atoms with E-state index in [2.05, 4.69) is 10.5 Å². The summed E-state index contributed by atoms with van der Waals surface area (Å²) in [6.45, 7) is 7.79. The summed E-state index contributed by atoms with van der Waals surface area (Å²) in [5, 5.41) is 6.27. The van der Waals surface area contributed by atoms with Crippen LogP contribution in [0.5, 0.6) is 0 Å². The Morgan fingerprint density at radius 1 is 1.58 bits per heavy atom. The molecule has 0 rings (SSSR count). The molecule has 0 saturated carbocycles. The van der Waals surface area contributed by atoms with Gasteiger partial charge in [-0.15, -0.1) is 0 Å². The van der Waals surface area contributed by atoms with Crippen molar-refractivity contribution in [1.29, 1.82) is 0 Å². The van der Waals surface area contributed by atoms with Gasteiger partial charge in [-0.05, 0) is 27.7 Å². The number of rotatable bonds is 4. The van der Waals surface area contributed by atoms with Crippen LogP contribution in [-0.4, -0.2) is 24.3 Å². The largest absolute Gasteiger partial charge is 0.393 e. The minimum absolute atomic E-state index is 0.00868. The van der Waals surface area contributed by atoms with Crippen LogP contribution >= 0.6 is 0 Å². The molecular weight excluding hydrogens is 156 g/mol. The Bertz CT molecular complexity index is 176. The third kappa shape index (κ3) is 4.71. The highest BCUT2D eigenvalue weighted by molar-refractivity contribution is 6.37. The minimum Gasteiger partial charge on any atom is -0.393 e.